The van der Waals surface area contributed by atoms with Crippen LogP contribution in [0.4, 0.5) is 0 Å². The molecule has 0 spiro atoms. The lowest BCUT2D eigenvalue weighted by Crippen LogP contribution is -2.41. The molecule has 2 aromatic rings. The number of hydrogen-bond donors (Lipinski definition) is 2. The average Bonchev–Trinajstić information content (AvgIpc) is 2.53. The van der Waals surface area contributed by atoms with E-state index in [0.29, 0.717) is 13.0 Å². The number of hydrogen-bond acceptors (Lipinski definition) is 2. The minimum absolute atomic E-state index is 0. The largest absolute Gasteiger partial charge is 0.351 e. The molecule has 0 saturated carbocycles. The van der Waals surface area contributed by atoms with E-state index in [1.165, 1.54) is 5.56 Å². The Balaban J connectivity index is 0.00000242. The second-order valence-corrected chi connectivity index (χ2v) is 5.14. The lowest BCUT2D eigenvalue weighted by Gasteiger charge is -2.14. The summed E-state index contributed by atoms with van der Waals surface area (Å²) in [5.41, 5.74) is 9.46. The van der Waals surface area contributed by atoms with Gasteiger partial charge in [0, 0.05) is 6.54 Å². The van der Waals surface area contributed by atoms with E-state index in [1.54, 1.807) is 0 Å². The van der Waals surface area contributed by atoms with Gasteiger partial charge in [-0.3, -0.25) is 4.79 Å². The average molecular weight is 319 g/mol. The SMILES string of the molecule is CCc1ccccc1CNC(=O)C(N)Cc1ccccc1.Cl. The number of carbonyl (C=O) groups is 1. The molecule has 0 aromatic heterocycles. The molecule has 22 heavy (non-hydrogen) atoms. The molecule has 1 atom stereocenters. The van der Waals surface area contributed by atoms with Crippen LogP contribution >= 0.6 is 12.4 Å². The van der Waals surface area contributed by atoms with Crippen LogP contribution in [0.3, 0.4) is 0 Å². The summed E-state index contributed by atoms with van der Waals surface area (Å²) in [5, 5.41) is 2.93. The van der Waals surface area contributed by atoms with Crippen molar-refractivity contribution in [2.24, 2.45) is 5.73 Å². The molecule has 1 unspecified atom stereocenters. The van der Waals surface area contributed by atoms with Crippen molar-refractivity contribution in [3.63, 3.8) is 0 Å². The zero-order valence-corrected chi connectivity index (χ0v) is 13.6. The van der Waals surface area contributed by atoms with Gasteiger partial charge in [0.05, 0.1) is 6.04 Å². The Hall–Kier alpha value is -1.84. The van der Waals surface area contributed by atoms with Gasteiger partial charge >= 0.3 is 0 Å². The normalized spacial score (nSPS) is 11.4. The van der Waals surface area contributed by atoms with Crippen molar-refractivity contribution in [3.05, 3.63) is 71.3 Å². The molecular formula is C18H23ClN2O. The molecule has 2 rings (SSSR count). The third-order valence-electron chi connectivity index (χ3n) is 3.59. The molecule has 0 aliphatic carbocycles. The Morgan fingerprint density at radius 3 is 2.27 bits per heavy atom. The Morgan fingerprint density at radius 1 is 1.05 bits per heavy atom. The fourth-order valence-electron chi connectivity index (χ4n) is 2.35. The molecule has 3 nitrogen and oxygen atoms in total. The van der Waals surface area contributed by atoms with Gasteiger partial charge in [0.2, 0.25) is 5.91 Å². The molecule has 0 bridgehead atoms. The highest BCUT2D eigenvalue weighted by Gasteiger charge is 2.13. The van der Waals surface area contributed by atoms with Crippen LogP contribution in [0.2, 0.25) is 0 Å². The Morgan fingerprint density at radius 2 is 1.64 bits per heavy atom. The number of halogens is 1. The van der Waals surface area contributed by atoms with E-state index in [1.807, 2.05) is 48.5 Å². The smallest absolute Gasteiger partial charge is 0.237 e. The highest BCUT2D eigenvalue weighted by molar-refractivity contribution is 5.85. The maximum atomic E-state index is 12.1. The van der Waals surface area contributed by atoms with Crippen LogP contribution in [0, 0.1) is 0 Å². The summed E-state index contributed by atoms with van der Waals surface area (Å²) in [6.07, 6.45) is 1.52. The first kappa shape index (κ1) is 18.2. The maximum absolute atomic E-state index is 12.1. The van der Waals surface area contributed by atoms with Crippen molar-refractivity contribution >= 4 is 18.3 Å². The molecule has 1 amide bonds. The quantitative estimate of drug-likeness (QED) is 0.860. The van der Waals surface area contributed by atoms with Crippen LogP contribution in [-0.2, 0) is 24.2 Å². The predicted octanol–water partition coefficient (Wildman–Crippen LogP) is 2.86. The van der Waals surface area contributed by atoms with Gasteiger partial charge < -0.3 is 11.1 Å². The van der Waals surface area contributed by atoms with Crippen molar-refractivity contribution < 1.29 is 4.79 Å². The summed E-state index contributed by atoms with van der Waals surface area (Å²) in [6.45, 7) is 2.65. The Labute approximate surface area is 138 Å². The van der Waals surface area contributed by atoms with Crippen LogP contribution in [0.25, 0.3) is 0 Å². The second kappa shape index (κ2) is 9.23. The van der Waals surface area contributed by atoms with E-state index >= 15 is 0 Å². The van der Waals surface area contributed by atoms with Gasteiger partial charge in [-0.15, -0.1) is 12.4 Å². The highest BCUT2D eigenvalue weighted by atomic mass is 35.5. The second-order valence-electron chi connectivity index (χ2n) is 5.14. The number of aryl methyl sites for hydroxylation is 1. The number of carbonyl (C=O) groups excluding carboxylic acids is 1. The molecule has 3 N–H and O–H groups in total. The van der Waals surface area contributed by atoms with E-state index in [9.17, 15) is 4.79 Å². The van der Waals surface area contributed by atoms with Crippen LogP contribution in [-0.4, -0.2) is 11.9 Å². The van der Waals surface area contributed by atoms with Gasteiger partial charge in [-0.25, -0.2) is 0 Å². The van der Waals surface area contributed by atoms with Crippen molar-refractivity contribution in [2.75, 3.05) is 0 Å². The fourth-order valence-corrected chi connectivity index (χ4v) is 2.35. The number of nitrogens with two attached hydrogens (primary N) is 1. The molecule has 0 heterocycles. The van der Waals surface area contributed by atoms with Gasteiger partial charge in [0.25, 0.3) is 0 Å². The first-order chi connectivity index (χ1) is 10.2. The summed E-state index contributed by atoms with van der Waals surface area (Å²) in [4.78, 5) is 12.1. The van der Waals surface area contributed by atoms with E-state index in [2.05, 4.69) is 18.3 Å². The molecule has 0 aliphatic rings. The number of rotatable bonds is 6. The number of amides is 1. The summed E-state index contributed by atoms with van der Waals surface area (Å²) in [6, 6.07) is 17.5. The van der Waals surface area contributed by atoms with Gasteiger partial charge in [-0.1, -0.05) is 61.5 Å². The van der Waals surface area contributed by atoms with Crippen LogP contribution in [0.15, 0.2) is 54.6 Å². The summed E-state index contributed by atoms with van der Waals surface area (Å²) in [7, 11) is 0. The zero-order chi connectivity index (χ0) is 15.1. The lowest BCUT2D eigenvalue weighted by molar-refractivity contribution is -0.122. The molecule has 0 fully saturated rings. The molecule has 118 valence electrons. The fraction of sp³-hybridized carbons (Fsp3) is 0.278. The molecule has 0 aliphatic heterocycles. The van der Waals surface area contributed by atoms with E-state index in [0.717, 1.165) is 17.5 Å². The zero-order valence-electron chi connectivity index (χ0n) is 12.8. The van der Waals surface area contributed by atoms with E-state index < -0.39 is 6.04 Å². The summed E-state index contributed by atoms with van der Waals surface area (Å²) < 4.78 is 0. The van der Waals surface area contributed by atoms with Crippen LogP contribution < -0.4 is 11.1 Å². The third-order valence-corrected chi connectivity index (χ3v) is 3.59. The number of benzene rings is 2. The van der Waals surface area contributed by atoms with Gasteiger partial charge in [0.15, 0.2) is 0 Å². The van der Waals surface area contributed by atoms with Crippen LogP contribution in [0.1, 0.15) is 23.6 Å². The predicted molar refractivity (Wildman–Crippen MR) is 93.0 cm³/mol. The monoisotopic (exact) mass is 318 g/mol. The first-order valence-electron chi connectivity index (χ1n) is 7.34. The minimum atomic E-state index is -0.513. The third kappa shape index (κ3) is 5.17. The van der Waals surface area contributed by atoms with E-state index in [4.69, 9.17) is 5.73 Å². The topological polar surface area (TPSA) is 55.1 Å². The lowest BCUT2D eigenvalue weighted by atomic mass is 10.0. The maximum Gasteiger partial charge on any atom is 0.237 e. The van der Waals surface area contributed by atoms with Crippen molar-refractivity contribution in [1.82, 2.24) is 5.32 Å². The summed E-state index contributed by atoms with van der Waals surface area (Å²) >= 11 is 0. The van der Waals surface area contributed by atoms with Crippen molar-refractivity contribution in [3.8, 4) is 0 Å². The Bertz CT molecular complexity index is 587. The first-order valence-corrected chi connectivity index (χ1v) is 7.34. The van der Waals surface area contributed by atoms with Crippen LogP contribution in [0.5, 0.6) is 0 Å². The summed E-state index contributed by atoms with van der Waals surface area (Å²) in [5.74, 6) is -0.107. The molecule has 0 radical (unpaired) electrons. The molecule has 0 saturated heterocycles. The minimum Gasteiger partial charge on any atom is -0.351 e. The van der Waals surface area contributed by atoms with Gasteiger partial charge in [-0.2, -0.15) is 0 Å². The standard InChI is InChI=1S/C18H22N2O.ClH/c1-2-15-10-6-7-11-16(15)13-20-18(21)17(19)12-14-8-4-3-5-9-14;/h3-11,17H,2,12-13,19H2,1H3,(H,20,21);1H. The van der Waals surface area contributed by atoms with Crippen molar-refractivity contribution in [1.29, 1.82) is 0 Å². The van der Waals surface area contributed by atoms with Gasteiger partial charge in [-0.05, 0) is 29.5 Å². The molecule has 4 heteroatoms. The molecular weight excluding hydrogens is 296 g/mol. The van der Waals surface area contributed by atoms with E-state index in [-0.39, 0.29) is 18.3 Å². The number of nitrogens with one attached hydrogen (secondary N) is 1. The molecule has 2 aromatic carbocycles. The van der Waals surface area contributed by atoms with Crippen molar-refractivity contribution in [2.45, 2.75) is 32.4 Å². The van der Waals surface area contributed by atoms with Gasteiger partial charge in [0.1, 0.15) is 0 Å². The Kier molecular flexibility index (Phi) is 7.64. The highest BCUT2D eigenvalue weighted by Crippen LogP contribution is 2.09.